The highest BCUT2D eigenvalue weighted by molar-refractivity contribution is 5.61. The minimum Gasteiger partial charge on any atom is -0.341 e. The Labute approximate surface area is 182 Å². The molecule has 4 rings (SSSR count). The van der Waals surface area contributed by atoms with E-state index in [1.165, 1.54) is 64.9 Å². The Kier molecular flexibility index (Phi) is 6.27. The number of hydrogen-bond acceptors (Lipinski definition) is 1. The number of piperidine rings is 1. The number of hydrogen-bond donors (Lipinski definition) is 0. The van der Waals surface area contributed by atoms with E-state index >= 15 is 0 Å². The molecule has 30 heavy (non-hydrogen) atoms. The van der Waals surface area contributed by atoms with Crippen molar-refractivity contribution in [1.82, 2.24) is 0 Å². The van der Waals surface area contributed by atoms with Gasteiger partial charge in [0.15, 0.2) is 0 Å². The van der Waals surface area contributed by atoms with Crippen molar-refractivity contribution in [3.63, 3.8) is 0 Å². The van der Waals surface area contributed by atoms with Crippen molar-refractivity contribution >= 4 is 11.8 Å². The van der Waals surface area contributed by atoms with Gasteiger partial charge in [-0.05, 0) is 111 Å². The lowest BCUT2D eigenvalue weighted by atomic mass is 9.83. The topological polar surface area (TPSA) is 3.24 Å². The van der Waals surface area contributed by atoms with Gasteiger partial charge in [0.2, 0.25) is 0 Å². The first-order valence-electron chi connectivity index (χ1n) is 11.5. The largest absolute Gasteiger partial charge is 0.341 e. The summed E-state index contributed by atoms with van der Waals surface area (Å²) < 4.78 is 0. The lowest BCUT2D eigenvalue weighted by molar-refractivity contribution is 0.459. The summed E-state index contributed by atoms with van der Waals surface area (Å²) in [7, 11) is 0. The first-order chi connectivity index (χ1) is 14.6. The molecule has 1 aliphatic heterocycles. The van der Waals surface area contributed by atoms with E-state index in [0.717, 1.165) is 13.0 Å². The number of rotatable bonds is 5. The zero-order valence-corrected chi connectivity index (χ0v) is 19.0. The molecule has 2 aromatic carbocycles. The molecule has 0 N–H and O–H groups in total. The van der Waals surface area contributed by atoms with Crippen LogP contribution in [0.4, 0.5) is 5.69 Å². The smallest absolute Gasteiger partial charge is 0.0413 e. The van der Waals surface area contributed by atoms with Crippen LogP contribution in [-0.4, -0.2) is 6.54 Å². The first-order valence-corrected chi connectivity index (χ1v) is 11.5. The molecule has 1 heteroatoms. The lowest BCUT2D eigenvalue weighted by Crippen LogP contribution is -2.36. The van der Waals surface area contributed by atoms with E-state index in [-0.39, 0.29) is 0 Å². The van der Waals surface area contributed by atoms with Crippen LogP contribution in [0.15, 0.2) is 65.9 Å². The maximum absolute atomic E-state index is 2.59. The summed E-state index contributed by atoms with van der Waals surface area (Å²) in [5, 5.41) is 0. The third-order valence-electron chi connectivity index (χ3n) is 6.84. The number of benzene rings is 2. The molecule has 0 amide bonds. The zero-order valence-electron chi connectivity index (χ0n) is 19.0. The molecule has 1 aliphatic carbocycles. The van der Waals surface area contributed by atoms with Crippen molar-refractivity contribution < 1.29 is 0 Å². The van der Waals surface area contributed by atoms with Gasteiger partial charge >= 0.3 is 0 Å². The Bertz CT molecular complexity index is 1010. The van der Waals surface area contributed by atoms with E-state index in [0.29, 0.717) is 5.92 Å². The van der Waals surface area contributed by atoms with Crippen LogP contribution in [0.25, 0.3) is 6.08 Å². The van der Waals surface area contributed by atoms with Crippen LogP contribution in [0.2, 0.25) is 0 Å². The normalized spacial score (nSPS) is 18.9. The van der Waals surface area contributed by atoms with Gasteiger partial charge in [-0.1, -0.05) is 48.6 Å². The van der Waals surface area contributed by atoms with Crippen LogP contribution in [0.1, 0.15) is 60.4 Å². The third-order valence-corrected chi connectivity index (χ3v) is 6.84. The summed E-state index contributed by atoms with van der Waals surface area (Å²) in [5.74, 6) is 0.687. The molecule has 1 saturated heterocycles. The Morgan fingerprint density at radius 1 is 0.967 bits per heavy atom. The molecule has 0 saturated carbocycles. The van der Waals surface area contributed by atoms with Crippen LogP contribution in [0, 0.1) is 26.7 Å². The summed E-state index contributed by atoms with van der Waals surface area (Å²) in [6.07, 6.45) is 15.4. The number of anilines is 1. The molecule has 1 unspecified atom stereocenters. The van der Waals surface area contributed by atoms with Gasteiger partial charge in [0.1, 0.15) is 0 Å². The van der Waals surface area contributed by atoms with Crippen LogP contribution in [-0.2, 0) is 6.42 Å². The highest BCUT2D eigenvalue weighted by Crippen LogP contribution is 2.39. The van der Waals surface area contributed by atoms with Crippen molar-refractivity contribution in [2.75, 3.05) is 11.4 Å². The predicted molar refractivity (Wildman–Crippen MR) is 131 cm³/mol. The van der Waals surface area contributed by atoms with Gasteiger partial charge in [0.05, 0.1) is 0 Å². The van der Waals surface area contributed by atoms with Gasteiger partial charge in [-0.2, -0.15) is 0 Å². The van der Waals surface area contributed by atoms with Crippen molar-refractivity contribution in [1.29, 1.82) is 0 Å². The van der Waals surface area contributed by atoms with Crippen molar-refractivity contribution in [3.8, 4) is 0 Å². The van der Waals surface area contributed by atoms with Gasteiger partial charge < -0.3 is 4.90 Å². The fourth-order valence-corrected chi connectivity index (χ4v) is 4.97. The summed E-state index contributed by atoms with van der Waals surface area (Å²) in [5.41, 5.74) is 11.4. The average molecular weight is 398 g/mol. The maximum atomic E-state index is 2.59. The number of nitrogens with zero attached hydrogens (tertiary/aromatic N) is 1. The van der Waals surface area contributed by atoms with E-state index in [1.807, 2.05) is 0 Å². The van der Waals surface area contributed by atoms with Crippen LogP contribution in [0.5, 0.6) is 0 Å². The SMILES string of the molecule is C/C=C\c1c(C)cccc1CCC1CC2=CCCC=C2N(c2ccc(C)c(C)c2)C1. The molecular weight excluding hydrogens is 362 g/mol. The Balaban J connectivity index is 1.57. The van der Waals surface area contributed by atoms with E-state index in [1.54, 1.807) is 5.57 Å². The predicted octanol–water partition coefficient (Wildman–Crippen LogP) is 7.71. The van der Waals surface area contributed by atoms with Gasteiger partial charge in [0, 0.05) is 17.9 Å². The Hall–Kier alpha value is -2.54. The second kappa shape index (κ2) is 9.08. The molecule has 0 bridgehead atoms. The molecule has 2 aromatic rings. The van der Waals surface area contributed by atoms with Crippen molar-refractivity contribution in [2.45, 2.75) is 59.8 Å². The van der Waals surface area contributed by atoms with Gasteiger partial charge in [-0.15, -0.1) is 0 Å². The summed E-state index contributed by atoms with van der Waals surface area (Å²) in [6, 6.07) is 13.7. The molecule has 0 spiro atoms. The number of allylic oxidation sites excluding steroid dienone is 4. The molecule has 1 nitrogen and oxygen atoms in total. The van der Waals surface area contributed by atoms with Crippen LogP contribution < -0.4 is 4.90 Å². The zero-order chi connectivity index (χ0) is 21.1. The van der Waals surface area contributed by atoms with Gasteiger partial charge in [0.25, 0.3) is 0 Å². The molecule has 1 fully saturated rings. The van der Waals surface area contributed by atoms with Gasteiger partial charge in [-0.25, -0.2) is 0 Å². The highest BCUT2D eigenvalue weighted by Gasteiger charge is 2.28. The Morgan fingerprint density at radius 2 is 1.80 bits per heavy atom. The number of fused-ring (bicyclic) bond motifs is 1. The van der Waals surface area contributed by atoms with E-state index < -0.39 is 0 Å². The first kappa shape index (κ1) is 20.7. The Morgan fingerprint density at radius 3 is 2.60 bits per heavy atom. The molecule has 1 atom stereocenters. The van der Waals surface area contributed by atoms with E-state index in [2.05, 4.69) is 93.3 Å². The summed E-state index contributed by atoms with van der Waals surface area (Å²) >= 11 is 0. The fraction of sp³-hybridized carbons (Fsp3) is 0.379. The van der Waals surface area contributed by atoms with E-state index in [4.69, 9.17) is 0 Å². The van der Waals surface area contributed by atoms with Crippen molar-refractivity contribution in [2.24, 2.45) is 5.92 Å². The fourth-order valence-electron chi connectivity index (χ4n) is 4.97. The van der Waals surface area contributed by atoms with Crippen LogP contribution >= 0.6 is 0 Å². The monoisotopic (exact) mass is 397 g/mol. The minimum absolute atomic E-state index is 0.687. The minimum atomic E-state index is 0.687. The highest BCUT2D eigenvalue weighted by atomic mass is 15.2. The summed E-state index contributed by atoms with van der Waals surface area (Å²) in [4.78, 5) is 2.59. The van der Waals surface area contributed by atoms with Crippen molar-refractivity contribution in [3.05, 3.63) is 93.7 Å². The molecule has 0 radical (unpaired) electrons. The van der Waals surface area contributed by atoms with Crippen LogP contribution in [0.3, 0.4) is 0 Å². The standard InChI is InChI=1S/C29H35N/c1-5-9-28-22(3)10-8-12-25(28)16-15-24-19-26-11-6-7-13-29(26)30(20-24)27-17-14-21(2)23(4)18-27/h5,8-14,17-18,24H,6-7,15-16,19-20H2,1-4H3/b9-5-. The molecule has 0 aromatic heterocycles. The second-order valence-electron chi connectivity index (χ2n) is 9.03. The number of aryl methyl sites for hydroxylation is 4. The third kappa shape index (κ3) is 4.31. The second-order valence-corrected chi connectivity index (χ2v) is 9.03. The van der Waals surface area contributed by atoms with E-state index in [9.17, 15) is 0 Å². The molecular formula is C29H35N. The molecule has 1 heterocycles. The molecule has 2 aliphatic rings. The maximum Gasteiger partial charge on any atom is 0.0413 e. The lowest BCUT2D eigenvalue weighted by Gasteiger charge is -2.40. The average Bonchev–Trinajstić information content (AvgIpc) is 2.75. The quantitative estimate of drug-likeness (QED) is 0.499. The summed E-state index contributed by atoms with van der Waals surface area (Å²) in [6.45, 7) is 9.89. The van der Waals surface area contributed by atoms with Gasteiger partial charge in [-0.3, -0.25) is 0 Å². The molecule has 156 valence electrons.